The molecule has 1 heterocycles. The van der Waals surface area contributed by atoms with Gasteiger partial charge in [-0.05, 0) is 11.5 Å². The lowest BCUT2D eigenvalue weighted by Gasteiger charge is -2.07. The minimum absolute atomic E-state index is 0.374. The van der Waals surface area contributed by atoms with Crippen LogP contribution in [0.3, 0.4) is 0 Å². The van der Waals surface area contributed by atoms with Crippen LogP contribution in [0, 0.1) is 0 Å². The van der Waals surface area contributed by atoms with E-state index in [0.717, 1.165) is 21.7 Å². The van der Waals surface area contributed by atoms with E-state index < -0.39 is 0 Å². The molecule has 1 nitrogen and oxygen atoms in total. The molecule has 4 heteroatoms. The van der Waals surface area contributed by atoms with Crippen LogP contribution in [-0.2, 0) is 0 Å². The molecule has 84 valence electrons. The van der Waals surface area contributed by atoms with Crippen LogP contribution < -0.4 is 0 Å². The van der Waals surface area contributed by atoms with E-state index in [1.165, 1.54) is 0 Å². The second-order valence-corrected chi connectivity index (χ2v) is 4.89. The molecule has 0 aliphatic heterocycles. The average Bonchev–Trinajstić information content (AvgIpc) is 2.35. The molecule has 17 heavy (non-hydrogen) atoms. The molecule has 0 bridgehead atoms. The van der Waals surface area contributed by atoms with Gasteiger partial charge in [-0.1, -0.05) is 59.1 Å². The highest BCUT2D eigenvalue weighted by atomic mass is 35.5. The summed E-state index contributed by atoms with van der Waals surface area (Å²) in [5, 5.41) is 4.16. The lowest BCUT2D eigenvalue weighted by molar-refractivity contribution is 1.44. The summed E-state index contributed by atoms with van der Waals surface area (Å²) in [7, 11) is 0. The fraction of sp³-hybridized carbons (Fsp3) is 0. The van der Waals surface area contributed by atoms with E-state index >= 15 is 0 Å². The summed E-state index contributed by atoms with van der Waals surface area (Å²) in [6.45, 7) is 0. The molecule has 0 atom stereocenters. The van der Waals surface area contributed by atoms with Crippen molar-refractivity contribution in [2.45, 2.75) is 0 Å². The highest BCUT2D eigenvalue weighted by Gasteiger charge is 2.12. The van der Waals surface area contributed by atoms with E-state index in [2.05, 4.69) is 4.98 Å². The second-order valence-electron chi connectivity index (χ2n) is 3.73. The summed E-state index contributed by atoms with van der Waals surface area (Å²) in [6, 6.07) is 9.63. The van der Waals surface area contributed by atoms with Gasteiger partial charge in [0.1, 0.15) is 0 Å². The number of nitrogens with zero attached hydrogens (tertiary/aromatic N) is 1. The van der Waals surface area contributed by atoms with Crippen molar-refractivity contribution in [1.29, 1.82) is 0 Å². The zero-order chi connectivity index (χ0) is 12.0. The summed E-state index contributed by atoms with van der Waals surface area (Å²) in [5.41, 5.74) is 0.753. The summed E-state index contributed by atoms with van der Waals surface area (Å²) >= 11 is 18.3. The van der Waals surface area contributed by atoms with Gasteiger partial charge in [-0.25, -0.2) is 0 Å². The summed E-state index contributed by atoms with van der Waals surface area (Å²) < 4.78 is 0. The van der Waals surface area contributed by atoms with Gasteiger partial charge in [-0.15, -0.1) is 0 Å². The third-order valence-corrected chi connectivity index (χ3v) is 3.98. The first-order valence-electron chi connectivity index (χ1n) is 4.99. The lowest BCUT2D eigenvalue weighted by atomic mass is 10.1. The van der Waals surface area contributed by atoms with Crippen LogP contribution in [0.4, 0.5) is 0 Å². The van der Waals surface area contributed by atoms with Crippen molar-refractivity contribution < 1.29 is 0 Å². The van der Waals surface area contributed by atoms with Gasteiger partial charge in [-0.2, -0.15) is 0 Å². The molecule has 2 aromatic carbocycles. The number of pyridine rings is 1. The molecule has 0 unspecified atom stereocenters. The predicted molar refractivity (Wildman–Crippen MR) is 74.3 cm³/mol. The lowest BCUT2D eigenvalue weighted by Crippen LogP contribution is -1.84. The molecule has 3 aromatic rings. The first-order valence-corrected chi connectivity index (χ1v) is 6.13. The largest absolute Gasteiger partial charge is 0.255 e. The Kier molecular flexibility index (Phi) is 2.62. The van der Waals surface area contributed by atoms with Crippen molar-refractivity contribution in [2.24, 2.45) is 0 Å². The van der Waals surface area contributed by atoms with Gasteiger partial charge in [0.15, 0.2) is 0 Å². The molecule has 0 aliphatic carbocycles. The van der Waals surface area contributed by atoms with Gasteiger partial charge in [0.25, 0.3) is 0 Å². The molecule has 0 amide bonds. The normalized spacial score (nSPS) is 11.2. The SMILES string of the molecule is Clc1cc2ncc3ccccc3c2c(Cl)c1Cl. The standard InChI is InChI=1S/C13H6Cl3N/c14-9-5-10-11(13(16)12(9)15)8-4-2-1-3-7(8)6-17-10/h1-6H. The van der Waals surface area contributed by atoms with Crippen LogP contribution in [0.15, 0.2) is 36.5 Å². The molecule has 0 fully saturated rings. The first kappa shape index (κ1) is 11.1. The highest BCUT2D eigenvalue weighted by Crippen LogP contribution is 2.39. The number of benzene rings is 2. The van der Waals surface area contributed by atoms with E-state index in [0.29, 0.717) is 15.1 Å². The Morgan fingerprint density at radius 2 is 1.71 bits per heavy atom. The van der Waals surface area contributed by atoms with Gasteiger partial charge in [0.05, 0.1) is 20.6 Å². The fourth-order valence-electron chi connectivity index (χ4n) is 1.92. The van der Waals surface area contributed by atoms with E-state index in [-0.39, 0.29) is 0 Å². The van der Waals surface area contributed by atoms with E-state index in [9.17, 15) is 0 Å². The Labute approximate surface area is 113 Å². The maximum Gasteiger partial charge on any atom is 0.0786 e. The first-order chi connectivity index (χ1) is 8.18. The average molecular weight is 283 g/mol. The number of hydrogen-bond donors (Lipinski definition) is 0. The number of aromatic nitrogens is 1. The molecule has 0 saturated carbocycles. The minimum Gasteiger partial charge on any atom is -0.255 e. The van der Waals surface area contributed by atoms with Crippen LogP contribution in [-0.4, -0.2) is 4.98 Å². The Balaban J connectivity index is 2.62. The van der Waals surface area contributed by atoms with Crippen LogP contribution in [0.5, 0.6) is 0 Å². The Morgan fingerprint density at radius 1 is 0.941 bits per heavy atom. The quantitative estimate of drug-likeness (QED) is 0.400. The number of fused-ring (bicyclic) bond motifs is 3. The molecule has 0 saturated heterocycles. The third kappa shape index (κ3) is 1.66. The Morgan fingerprint density at radius 3 is 2.53 bits per heavy atom. The van der Waals surface area contributed by atoms with Gasteiger partial charge in [0.2, 0.25) is 0 Å². The monoisotopic (exact) mass is 281 g/mol. The summed E-state index contributed by atoms with van der Waals surface area (Å²) in [5.74, 6) is 0. The molecular formula is C13H6Cl3N. The van der Waals surface area contributed by atoms with E-state index in [4.69, 9.17) is 34.8 Å². The predicted octanol–water partition coefficient (Wildman–Crippen LogP) is 5.35. The molecule has 0 N–H and O–H groups in total. The molecular weight excluding hydrogens is 277 g/mol. The maximum absolute atomic E-state index is 6.25. The number of hydrogen-bond acceptors (Lipinski definition) is 1. The highest BCUT2D eigenvalue weighted by molar-refractivity contribution is 6.51. The van der Waals surface area contributed by atoms with Crippen molar-refractivity contribution in [3.8, 4) is 0 Å². The number of rotatable bonds is 0. The van der Waals surface area contributed by atoms with Gasteiger partial charge in [-0.3, -0.25) is 4.98 Å². The maximum atomic E-state index is 6.25. The zero-order valence-electron chi connectivity index (χ0n) is 8.55. The molecule has 3 rings (SSSR count). The molecule has 0 aliphatic rings. The zero-order valence-corrected chi connectivity index (χ0v) is 10.8. The molecule has 0 spiro atoms. The third-order valence-electron chi connectivity index (χ3n) is 2.71. The van der Waals surface area contributed by atoms with E-state index in [1.54, 1.807) is 12.3 Å². The van der Waals surface area contributed by atoms with Crippen LogP contribution in [0.2, 0.25) is 15.1 Å². The van der Waals surface area contributed by atoms with Gasteiger partial charge >= 0.3 is 0 Å². The molecule has 1 aromatic heterocycles. The van der Waals surface area contributed by atoms with Crippen LogP contribution in [0.25, 0.3) is 21.7 Å². The smallest absolute Gasteiger partial charge is 0.0786 e. The fourth-order valence-corrected chi connectivity index (χ4v) is 2.61. The Hall–Kier alpha value is -1.02. The van der Waals surface area contributed by atoms with Crippen LogP contribution in [0.1, 0.15) is 0 Å². The summed E-state index contributed by atoms with van der Waals surface area (Å²) in [6.07, 6.45) is 1.80. The van der Waals surface area contributed by atoms with Crippen molar-refractivity contribution in [3.63, 3.8) is 0 Å². The van der Waals surface area contributed by atoms with Crippen molar-refractivity contribution in [1.82, 2.24) is 4.98 Å². The molecule has 0 radical (unpaired) electrons. The second kappa shape index (κ2) is 4.02. The van der Waals surface area contributed by atoms with Crippen molar-refractivity contribution >= 4 is 56.5 Å². The minimum atomic E-state index is 0.374. The van der Waals surface area contributed by atoms with Crippen LogP contribution >= 0.6 is 34.8 Å². The van der Waals surface area contributed by atoms with Gasteiger partial charge < -0.3 is 0 Å². The van der Waals surface area contributed by atoms with E-state index in [1.807, 2.05) is 24.3 Å². The van der Waals surface area contributed by atoms with Crippen molar-refractivity contribution in [3.05, 3.63) is 51.6 Å². The van der Waals surface area contributed by atoms with Crippen molar-refractivity contribution in [2.75, 3.05) is 0 Å². The summed E-state index contributed by atoms with van der Waals surface area (Å²) in [4.78, 5) is 4.34. The topological polar surface area (TPSA) is 12.9 Å². The van der Waals surface area contributed by atoms with Gasteiger partial charge in [0, 0.05) is 17.0 Å². The Bertz CT molecular complexity index is 737. The number of halogens is 3.